The van der Waals surface area contributed by atoms with Gasteiger partial charge in [-0.3, -0.25) is 9.59 Å². The molecule has 1 unspecified atom stereocenters. The molecule has 9 heteroatoms. The first-order valence-corrected chi connectivity index (χ1v) is 8.76. The highest BCUT2D eigenvalue weighted by atomic mass is 32.1. The molecule has 2 amide bonds. The number of pyridine rings is 1. The number of nitrogens with two attached hydrogens (primary N) is 2. The standard InChI is InChI=1S/C16H20N6O2S/c1-8-6-13(25-22-8)21-16-10(14(17)23)4-5-12(20-16)19-11(15(18)24)7-9-2-3-9/h4-6,9,11H,2-3,7H2,1H3,(H2,17,23)(H2,18,24)(H2,19,20,21). The summed E-state index contributed by atoms with van der Waals surface area (Å²) in [4.78, 5) is 27.7. The van der Waals surface area contributed by atoms with Crippen LogP contribution in [0.25, 0.3) is 0 Å². The number of anilines is 3. The first-order valence-electron chi connectivity index (χ1n) is 7.99. The third-order valence-electron chi connectivity index (χ3n) is 3.96. The van der Waals surface area contributed by atoms with Crippen molar-refractivity contribution in [3.8, 4) is 0 Å². The highest BCUT2D eigenvalue weighted by Crippen LogP contribution is 2.34. The minimum Gasteiger partial charge on any atom is -0.368 e. The predicted octanol–water partition coefficient (Wildman–Crippen LogP) is 1.75. The molecule has 0 aliphatic heterocycles. The van der Waals surface area contributed by atoms with Crippen LogP contribution in [-0.4, -0.2) is 27.2 Å². The summed E-state index contributed by atoms with van der Waals surface area (Å²) in [7, 11) is 0. The average Bonchev–Trinajstić information content (AvgIpc) is 3.27. The minimum atomic E-state index is -0.591. The smallest absolute Gasteiger partial charge is 0.252 e. The van der Waals surface area contributed by atoms with Gasteiger partial charge in [0.1, 0.15) is 22.7 Å². The van der Waals surface area contributed by atoms with Gasteiger partial charge in [-0.15, -0.1) is 0 Å². The van der Waals surface area contributed by atoms with Gasteiger partial charge in [-0.1, -0.05) is 12.8 Å². The van der Waals surface area contributed by atoms with Gasteiger partial charge in [-0.25, -0.2) is 4.98 Å². The molecule has 2 heterocycles. The number of hydrogen-bond donors (Lipinski definition) is 4. The first-order chi connectivity index (χ1) is 11.9. The number of amides is 2. The van der Waals surface area contributed by atoms with E-state index in [9.17, 15) is 9.59 Å². The van der Waals surface area contributed by atoms with Gasteiger partial charge in [-0.05, 0) is 49.0 Å². The van der Waals surface area contributed by atoms with Crippen molar-refractivity contribution in [1.82, 2.24) is 9.36 Å². The van der Waals surface area contributed by atoms with Crippen LogP contribution >= 0.6 is 11.5 Å². The highest BCUT2D eigenvalue weighted by Gasteiger charge is 2.28. The molecule has 2 aromatic heterocycles. The molecule has 3 rings (SSSR count). The van der Waals surface area contributed by atoms with Gasteiger partial charge in [0.25, 0.3) is 5.91 Å². The molecule has 6 N–H and O–H groups in total. The van der Waals surface area contributed by atoms with Gasteiger partial charge in [0, 0.05) is 0 Å². The Hall–Kier alpha value is -2.68. The van der Waals surface area contributed by atoms with Gasteiger partial charge in [0.2, 0.25) is 5.91 Å². The van der Waals surface area contributed by atoms with E-state index in [-0.39, 0.29) is 5.56 Å². The molecule has 1 saturated carbocycles. The summed E-state index contributed by atoms with van der Waals surface area (Å²) in [5.74, 6) is 0.300. The van der Waals surface area contributed by atoms with Crippen LogP contribution < -0.4 is 22.1 Å². The van der Waals surface area contributed by atoms with E-state index >= 15 is 0 Å². The topological polar surface area (TPSA) is 136 Å². The maximum absolute atomic E-state index is 11.7. The number of carbonyl (C=O) groups excluding carboxylic acids is 2. The third-order valence-corrected chi connectivity index (χ3v) is 4.76. The number of rotatable bonds is 8. The quantitative estimate of drug-likeness (QED) is 0.566. The maximum atomic E-state index is 11.7. The molecule has 0 aromatic carbocycles. The van der Waals surface area contributed by atoms with Crippen molar-refractivity contribution >= 4 is 40.0 Å². The van der Waals surface area contributed by atoms with Crippen molar-refractivity contribution < 1.29 is 9.59 Å². The molecule has 1 atom stereocenters. The summed E-state index contributed by atoms with van der Waals surface area (Å²) in [6.45, 7) is 1.87. The van der Waals surface area contributed by atoms with Crippen LogP contribution in [0, 0.1) is 12.8 Å². The maximum Gasteiger partial charge on any atom is 0.252 e. The van der Waals surface area contributed by atoms with Crippen LogP contribution in [0.2, 0.25) is 0 Å². The lowest BCUT2D eigenvalue weighted by molar-refractivity contribution is -0.118. The van der Waals surface area contributed by atoms with Crippen molar-refractivity contribution in [1.29, 1.82) is 0 Å². The number of aryl methyl sites for hydroxylation is 1. The van der Waals surface area contributed by atoms with Crippen molar-refractivity contribution in [3.05, 3.63) is 29.5 Å². The van der Waals surface area contributed by atoms with Crippen molar-refractivity contribution in [2.75, 3.05) is 10.6 Å². The van der Waals surface area contributed by atoms with Gasteiger partial charge in [0.15, 0.2) is 0 Å². The number of carbonyl (C=O) groups is 2. The number of hydrogen-bond acceptors (Lipinski definition) is 7. The third kappa shape index (κ3) is 4.44. The second kappa shape index (κ2) is 7.06. The van der Waals surface area contributed by atoms with Crippen LogP contribution in [0.1, 0.15) is 35.3 Å². The van der Waals surface area contributed by atoms with Crippen LogP contribution in [-0.2, 0) is 4.79 Å². The van der Waals surface area contributed by atoms with E-state index in [2.05, 4.69) is 20.0 Å². The lowest BCUT2D eigenvalue weighted by Gasteiger charge is -2.17. The fourth-order valence-electron chi connectivity index (χ4n) is 2.48. The molecule has 1 aliphatic carbocycles. The Bertz CT molecular complexity index is 802. The van der Waals surface area contributed by atoms with E-state index in [4.69, 9.17) is 11.5 Å². The summed E-state index contributed by atoms with van der Waals surface area (Å²) < 4.78 is 4.18. The second-order valence-corrected chi connectivity index (χ2v) is 7.00. The van der Waals surface area contributed by atoms with Crippen molar-refractivity contribution in [3.63, 3.8) is 0 Å². The number of nitrogens with one attached hydrogen (secondary N) is 2. The van der Waals surface area contributed by atoms with E-state index in [0.717, 1.165) is 23.5 Å². The Morgan fingerprint density at radius 3 is 2.68 bits per heavy atom. The van der Waals surface area contributed by atoms with Crippen LogP contribution in [0.5, 0.6) is 0 Å². The lowest BCUT2D eigenvalue weighted by atomic mass is 10.1. The zero-order valence-corrected chi connectivity index (χ0v) is 14.6. The van der Waals surface area contributed by atoms with Gasteiger partial charge >= 0.3 is 0 Å². The number of primary amides is 2. The Kier molecular flexibility index (Phi) is 4.84. The molecule has 8 nitrogen and oxygen atoms in total. The zero-order valence-electron chi connectivity index (χ0n) is 13.8. The number of aromatic nitrogens is 2. The van der Waals surface area contributed by atoms with Crippen LogP contribution in [0.15, 0.2) is 18.2 Å². The summed E-state index contributed by atoms with van der Waals surface area (Å²) in [5.41, 5.74) is 12.0. The molecule has 0 radical (unpaired) electrons. The SMILES string of the molecule is Cc1cc(Nc2nc(NC(CC3CC3)C(N)=O)ccc2C(N)=O)sn1. The molecular formula is C16H20N6O2S. The van der Waals surface area contributed by atoms with E-state index < -0.39 is 17.9 Å². The van der Waals surface area contributed by atoms with Gasteiger partial charge in [-0.2, -0.15) is 4.37 Å². The van der Waals surface area contributed by atoms with Gasteiger partial charge in [0.05, 0.1) is 11.3 Å². The molecule has 132 valence electrons. The molecule has 25 heavy (non-hydrogen) atoms. The molecule has 1 aliphatic rings. The Morgan fingerprint density at radius 1 is 1.36 bits per heavy atom. The normalized spacial score (nSPS) is 14.8. The second-order valence-electron chi connectivity index (χ2n) is 6.19. The predicted molar refractivity (Wildman–Crippen MR) is 96.8 cm³/mol. The molecular weight excluding hydrogens is 340 g/mol. The highest BCUT2D eigenvalue weighted by molar-refractivity contribution is 7.10. The summed E-state index contributed by atoms with van der Waals surface area (Å²) in [6, 6.07) is 4.55. The average molecular weight is 360 g/mol. The Labute approximate surface area is 149 Å². The minimum absolute atomic E-state index is 0.259. The fourth-order valence-corrected chi connectivity index (χ4v) is 3.15. The molecule has 2 aromatic rings. The van der Waals surface area contributed by atoms with E-state index in [0.29, 0.717) is 24.0 Å². The monoisotopic (exact) mass is 360 g/mol. The van der Waals surface area contributed by atoms with E-state index in [1.165, 1.54) is 11.5 Å². The molecule has 0 saturated heterocycles. The van der Waals surface area contributed by atoms with Crippen molar-refractivity contribution in [2.45, 2.75) is 32.2 Å². The van der Waals surface area contributed by atoms with Crippen LogP contribution in [0.3, 0.4) is 0 Å². The van der Waals surface area contributed by atoms with E-state index in [1.807, 2.05) is 13.0 Å². The Morgan fingerprint density at radius 2 is 2.12 bits per heavy atom. The lowest BCUT2D eigenvalue weighted by Crippen LogP contribution is -2.36. The Balaban J connectivity index is 1.83. The van der Waals surface area contributed by atoms with Gasteiger partial charge < -0.3 is 22.1 Å². The first kappa shape index (κ1) is 17.2. The van der Waals surface area contributed by atoms with Crippen molar-refractivity contribution in [2.24, 2.45) is 17.4 Å². The largest absolute Gasteiger partial charge is 0.368 e. The summed E-state index contributed by atoms with van der Waals surface area (Å²) >= 11 is 1.26. The molecule has 0 spiro atoms. The number of nitrogens with zero attached hydrogens (tertiary/aromatic N) is 2. The molecule has 0 bridgehead atoms. The van der Waals surface area contributed by atoms with Crippen LogP contribution in [0.4, 0.5) is 16.6 Å². The fraction of sp³-hybridized carbons (Fsp3) is 0.375. The summed E-state index contributed by atoms with van der Waals surface area (Å²) in [6.07, 6.45) is 2.93. The summed E-state index contributed by atoms with van der Waals surface area (Å²) in [5, 5.41) is 6.86. The molecule has 1 fully saturated rings. The van der Waals surface area contributed by atoms with E-state index in [1.54, 1.807) is 12.1 Å². The zero-order chi connectivity index (χ0) is 18.0.